The van der Waals surface area contributed by atoms with Gasteiger partial charge >= 0.3 is 12.1 Å². The first kappa shape index (κ1) is 22.4. The topological polar surface area (TPSA) is 95.9 Å². The number of ether oxygens (including phenoxy) is 1. The van der Waals surface area contributed by atoms with Crippen LogP contribution < -0.4 is 0 Å². The number of amides is 1. The smallest absolute Gasteiger partial charge is 0.475 e. The maximum atomic E-state index is 12.9. The van der Waals surface area contributed by atoms with E-state index in [1.807, 2.05) is 4.90 Å². The first-order chi connectivity index (χ1) is 14.2. The molecule has 0 bridgehead atoms. The molecule has 1 aromatic heterocycles. The molecule has 166 valence electrons. The van der Waals surface area contributed by atoms with E-state index in [0.29, 0.717) is 11.6 Å². The van der Waals surface area contributed by atoms with Crippen molar-refractivity contribution in [2.45, 2.75) is 37.6 Å². The molecule has 11 heteroatoms. The summed E-state index contributed by atoms with van der Waals surface area (Å²) in [6, 6.07) is 1.95. The average molecular weight is 430 g/mol. The first-order valence-electron chi connectivity index (χ1n) is 9.83. The van der Waals surface area contributed by atoms with Crippen LogP contribution in [0.4, 0.5) is 13.2 Å². The van der Waals surface area contributed by atoms with E-state index in [0.717, 1.165) is 32.0 Å². The molecule has 3 heterocycles. The number of aliphatic carboxylic acids is 1. The molecule has 2 saturated heterocycles. The van der Waals surface area contributed by atoms with Gasteiger partial charge in [-0.2, -0.15) is 13.2 Å². The number of nitrogens with zero attached hydrogens (tertiary/aromatic N) is 4. The SMILES string of the molecule is CO[C@@H]1CCN(C(=O)c2ccncn2)[C@@H]2CN(CC3CC3)C[C@@H]21.O=C(O)C(F)(F)F. The number of rotatable bonds is 4. The minimum Gasteiger partial charge on any atom is -0.475 e. The number of carboxylic acids is 1. The normalized spacial score (nSPS) is 26.5. The third kappa shape index (κ3) is 5.45. The molecule has 0 spiro atoms. The number of carboxylic acid groups (broad SMARTS) is 1. The highest BCUT2D eigenvalue weighted by Gasteiger charge is 2.47. The van der Waals surface area contributed by atoms with E-state index in [1.165, 1.54) is 25.7 Å². The Bertz CT molecular complexity index is 745. The van der Waals surface area contributed by atoms with E-state index in [-0.39, 0.29) is 18.1 Å². The molecule has 1 aliphatic carbocycles. The van der Waals surface area contributed by atoms with Gasteiger partial charge in [-0.25, -0.2) is 14.8 Å². The number of fused-ring (bicyclic) bond motifs is 1. The minimum atomic E-state index is -5.08. The third-order valence-corrected chi connectivity index (χ3v) is 5.76. The van der Waals surface area contributed by atoms with Crippen molar-refractivity contribution >= 4 is 11.9 Å². The highest BCUT2D eigenvalue weighted by molar-refractivity contribution is 5.92. The Kier molecular flexibility index (Phi) is 6.91. The van der Waals surface area contributed by atoms with Gasteiger partial charge in [-0.3, -0.25) is 4.79 Å². The summed E-state index contributed by atoms with van der Waals surface area (Å²) in [7, 11) is 1.80. The first-order valence-corrected chi connectivity index (χ1v) is 9.83. The van der Waals surface area contributed by atoms with Crippen molar-refractivity contribution in [2.75, 3.05) is 33.3 Å². The fourth-order valence-electron chi connectivity index (χ4n) is 4.16. The molecule has 3 fully saturated rings. The van der Waals surface area contributed by atoms with Crippen LogP contribution in [0, 0.1) is 11.8 Å². The second-order valence-corrected chi connectivity index (χ2v) is 7.85. The summed E-state index contributed by atoms with van der Waals surface area (Å²) in [4.78, 5) is 34.4. The van der Waals surface area contributed by atoms with Crippen LogP contribution in [-0.4, -0.2) is 88.4 Å². The molecular formula is C19H25F3N4O4. The molecule has 1 saturated carbocycles. The van der Waals surface area contributed by atoms with Gasteiger partial charge in [-0.05, 0) is 31.2 Å². The Balaban J connectivity index is 0.000000318. The van der Waals surface area contributed by atoms with Crippen molar-refractivity contribution in [3.8, 4) is 0 Å². The fourth-order valence-corrected chi connectivity index (χ4v) is 4.16. The van der Waals surface area contributed by atoms with Gasteiger partial charge in [-0.15, -0.1) is 0 Å². The number of methoxy groups -OCH3 is 1. The standard InChI is InChI=1S/C17H24N4O2.C2HF3O2/c1-23-16-5-7-21(17(22)14-4-6-18-11-19-14)15-10-20(9-13(15)16)8-12-2-3-12;3-2(4,5)1(6)7/h4,6,11-13,15-16H,2-3,5,7-10H2,1H3;(H,6,7)/t13-,15+,16+;/m0./s1. The lowest BCUT2D eigenvalue weighted by Gasteiger charge is -2.40. The molecule has 1 N–H and O–H groups in total. The Hall–Kier alpha value is -2.27. The van der Waals surface area contributed by atoms with Gasteiger partial charge < -0.3 is 19.6 Å². The molecule has 0 unspecified atom stereocenters. The van der Waals surface area contributed by atoms with Crippen LogP contribution in [0.1, 0.15) is 29.8 Å². The van der Waals surface area contributed by atoms with E-state index in [4.69, 9.17) is 14.6 Å². The van der Waals surface area contributed by atoms with Crippen LogP contribution in [0.3, 0.4) is 0 Å². The number of carbonyl (C=O) groups is 2. The van der Waals surface area contributed by atoms with Crippen LogP contribution in [0.15, 0.2) is 18.6 Å². The zero-order chi connectivity index (χ0) is 21.9. The van der Waals surface area contributed by atoms with Crippen molar-refractivity contribution in [2.24, 2.45) is 11.8 Å². The van der Waals surface area contributed by atoms with Gasteiger partial charge in [0.05, 0.1) is 12.1 Å². The Morgan fingerprint density at radius 1 is 1.27 bits per heavy atom. The third-order valence-electron chi connectivity index (χ3n) is 5.76. The van der Waals surface area contributed by atoms with Gasteiger partial charge in [0.1, 0.15) is 12.0 Å². The number of aromatic nitrogens is 2. The number of alkyl halides is 3. The molecule has 2 aliphatic heterocycles. The summed E-state index contributed by atoms with van der Waals surface area (Å²) in [5.41, 5.74) is 0.496. The summed E-state index contributed by atoms with van der Waals surface area (Å²) < 4.78 is 37.5. The largest absolute Gasteiger partial charge is 0.490 e. The highest BCUT2D eigenvalue weighted by Crippen LogP contribution is 2.36. The molecule has 0 aromatic carbocycles. The molecule has 3 atom stereocenters. The number of likely N-dealkylation sites (tertiary alicyclic amines) is 2. The van der Waals surface area contributed by atoms with Crippen molar-refractivity contribution in [1.29, 1.82) is 0 Å². The van der Waals surface area contributed by atoms with Crippen LogP contribution >= 0.6 is 0 Å². The quantitative estimate of drug-likeness (QED) is 0.777. The number of hydrogen-bond donors (Lipinski definition) is 1. The van der Waals surface area contributed by atoms with Crippen molar-refractivity contribution in [3.63, 3.8) is 0 Å². The van der Waals surface area contributed by atoms with E-state index in [2.05, 4.69) is 14.9 Å². The Morgan fingerprint density at radius 3 is 2.50 bits per heavy atom. The van der Waals surface area contributed by atoms with Crippen LogP contribution in [0.25, 0.3) is 0 Å². The van der Waals surface area contributed by atoms with E-state index in [1.54, 1.807) is 19.4 Å². The zero-order valence-corrected chi connectivity index (χ0v) is 16.6. The summed E-state index contributed by atoms with van der Waals surface area (Å²) in [6.07, 6.45) is 1.89. The number of carbonyl (C=O) groups excluding carboxylic acids is 1. The van der Waals surface area contributed by atoms with Crippen molar-refractivity contribution in [3.05, 3.63) is 24.3 Å². The predicted octanol–water partition coefficient (Wildman–Crippen LogP) is 1.68. The molecular weight excluding hydrogens is 405 g/mol. The molecule has 3 aliphatic rings. The highest BCUT2D eigenvalue weighted by atomic mass is 19.4. The molecule has 1 aromatic rings. The number of hydrogen-bond acceptors (Lipinski definition) is 6. The lowest BCUT2D eigenvalue weighted by atomic mass is 9.88. The van der Waals surface area contributed by atoms with Crippen molar-refractivity contribution in [1.82, 2.24) is 19.8 Å². The maximum Gasteiger partial charge on any atom is 0.490 e. The monoisotopic (exact) mass is 430 g/mol. The van der Waals surface area contributed by atoms with Gasteiger partial charge in [-0.1, -0.05) is 0 Å². The van der Waals surface area contributed by atoms with Crippen molar-refractivity contribution < 1.29 is 32.6 Å². The number of halogens is 3. The van der Waals surface area contributed by atoms with Crippen LogP contribution in [0.2, 0.25) is 0 Å². The predicted molar refractivity (Wildman–Crippen MR) is 98.6 cm³/mol. The zero-order valence-electron chi connectivity index (χ0n) is 16.6. The summed E-state index contributed by atoms with van der Waals surface area (Å²) in [6.45, 7) is 3.95. The average Bonchev–Trinajstić information content (AvgIpc) is 3.42. The van der Waals surface area contributed by atoms with Gasteiger partial charge in [0.25, 0.3) is 5.91 Å². The Morgan fingerprint density at radius 2 is 1.97 bits per heavy atom. The molecule has 0 radical (unpaired) electrons. The molecule has 8 nitrogen and oxygen atoms in total. The molecule has 1 amide bonds. The minimum absolute atomic E-state index is 0.0326. The van der Waals surface area contributed by atoms with E-state index >= 15 is 0 Å². The fraction of sp³-hybridized carbons (Fsp3) is 0.684. The van der Waals surface area contributed by atoms with Crippen LogP contribution in [0.5, 0.6) is 0 Å². The van der Waals surface area contributed by atoms with Gasteiger partial charge in [0, 0.05) is 45.4 Å². The van der Waals surface area contributed by atoms with Crippen LogP contribution in [-0.2, 0) is 9.53 Å². The summed E-state index contributed by atoms with van der Waals surface area (Å²) >= 11 is 0. The summed E-state index contributed by atoms with van der Waals surface area (Å²) in [5.74, 6) is -1.43. The van der Waals surface area contributed by atoms with E-state index in [9.17, 15) is 18.0 Å². The number of piperidine rings is 1. The lowest BCUT2D eigenvalue weighted by Crippen LogP contribution is -2.53. The second-order valence-electron chi connectivity index (χ2n) is 7.85. The molecule has 4 rings (SSSR count). The molecule has 30 heavy (non-hydrogen) atoms. The van der Waals surface area contributed by atoms with E-state index < -0.39 is 12.1 Å². The second kappa shape index (κ2) is 9.25. The van der Waals surface area contributed by atoms with Gasteiger partial charge in [0.2, 0.25) is 0 Å². The maximum absolute atomic E-state index is 12.9. The van der Waals surface area contributed by atoms with Gasteiger partial charge in [0.15, 0.2) is 0 Å². The summed E-state index contributed by atoms with van der Waals surface area (Å²) in [5, 5.41) is 7.12. The Labute approximate surface area is 172 Å². The lowest BCUT2D eigenvalue weighted by molar-refractivity contribution is -0.192.